The number of hydrogen-bond acceptors (Lipinski definition) is 3. The maximum Gasteiger partial charge on any atom is 0.337 e. The first kappa shape index (κ1) is 15.6. The topological polar surface area (TPSA) is 58.6 Å². The van der Waals surface area contributed by atoms with Crippen molar-refractivity contribution in [3.63, 3.8) is 0 Å². The summed E-state index contributed by atoms with van der Waals surface area (Å²) in [6.45, 7) is 0.538. The van der Waals surface area contributed by atoms with Gasteiger partial charge >= 0.3 is 5.97 Å². The average molecular weight is 319 g/mol. The minimum atomic E-state index is -0.940. The summed E-state index contributed by atoms with van der Waals surface area (Å²) >= 11 is 0. The van der Waals surface area contributed by atoms with Gasteiger partial charge in [-0.15, -0.1) is 0 Å². The maximum atomic E-state index is 11.2. The van der Waals surface area contributed by atoms with Crippen LogP contribution in [0.25, 0.3) is 0 Å². The summed E-state index contributed by atoms with van der Waals surface area (Å²) < 4.78 is 5.75. The van der Waals surface area contributed by atoms with E-state index >= 15 is 0 Å². The normalized spacial score (nSPS) is 10.2. The van der Waals surface area contributed by atoms with Crippen LogP contribution in [0.4, 0.5) is 5.69 Å². The van der Waals surface area contributed by atoms with E-state index in [2.05, 4.69) is 5.32 Å². The van der Waals surface area contributed by atoms with Crippen LogP contribution in [0.5, 0.6) is 11.5 Å². The van der Waals surface area contributed by atoms with E-state index in [9.17, 15) is 9.90 Å². The quantitative estimate of drug-likeness (QED) is 0.686. The maximum absolute atomic E-state index is 11.2. The van der Waals surface area contributed by atoms with Crippen molar-refractivity contribution in [1.29, 1.82) is 0 Å². The molecule has 0 aliphatic heterocycles. The Kier molecular flexibility index (Phi) is 4.77. The highest BCUT2D eigenvalue weighted by molar-refractivity contribution is 5.94. The van der Waals surface area contributed by atoms with Crippen LogP contribution in [0.1, 0.15) is 15.9 Å². The molecule has 0 bridgehead atoms. The second kappa shape index (κ2) is 7.33. The summed E-state index contributed by atoms with van der Waals surface area (Å²) in [4.78, 5) is 11.2. The van der Waals surface area contributed by atoms with Crippen LogP contribution < -0.4 is 10.1 Å². The lowest BCUT2D eigenvalue weighted by Crippen LogP contribution is -2.06. The molecule has 3 aromatic carbocycles. The smallest absolute Gasteiger partial charge is 0.337 e. The monoisotopic (exact) mass is 319 g/mol. The Hall–Kier alpha value is -3.27. The molecule has 0 unspecified atom stereocenters. The predicted molar refractivity (Wildman–Crippen MR) is 93.7 cm³/mol. The van der Waals surface area contributed by atoms with Gasteiger partial charge in [0.15, 0.2) is 0 Å². The number of aromatic carboxylic acids is 1. The van der Waals surface area contributed by atoms with Gasteiger partial charge < -0.3 is 15.2 Å². The molecule has 0 atom stereocenters. The molecule has 4 nitrogen and oxygen atoms in total. The summed E-state index contributed by atoms with van der Waals surface area (Å²) in [5.41, 5.74) is 1.91. The standard InChI is InChI=1S/C20H17NO3/c22-20(23)18-8-4-5-9-19(18)21-14-15-10-12-17(13-11-15)24-16-6-2-1-3-7-16/h1-13,21H,14H2,(H,22,23). The van der Waals surface area contributed by atoms with Gasteiger partial charge in [-0.2, -0.15) is 0 Å². The highest BCUT2D eigenvalue weighted by Gasteiger charge is 2.08. The minimum Gasteiger partial charge on any atom is -0.478 e. The summed E-state index contributed by atoms with van der Waals surface area (Å²) in [6, 6.07) is 24.2. The Labute approximate surface area is 140 Å². The Balaban J connectivity index is 1.64. The molecule has 4 heteroatoms. The highest BCUT2D eigenvalue weighted by atomic mass is 16.5. The van der Waals surface area contributed by atoms with E-state index in [0.29, 0.717) is 12.2 Å². The number of anilines is 1. The van der Waals surface area contributed by atoms with Gasteiger partial charge in [-0.05, 0) is 42.0 Å². The van der Waals surface area contributed by atoms with E-state index in [-0.39, 0.29) is 5.56 Å². The minimum absolute atomic E-state index is 0.265. The molecule has 0 radical (unpaired) electrons. The van der Waals surface area contributed by atoms with Gasteiger partial charge in [-0.1, -0.05) is 42.5 Å². The Bertz CT molecular complexity index is 814. The Morgan fingerprint density at radius 1 is 0.833 bits per heavy atom. The van der Waals surface area contributed by atoms with Crippen LogP contribution in [-0.4, -0.2) is 11.1 Å². The van der Waals surface area contributed by atoms with E-state index < -0.39 is 5.97 Å². The van der Waals surface area contributed by atoms with E-state index in [4.69, 9.17) is 4.74 Å². The van der Waals surface area contributed by atoms with Gasteiger partial charge in [-0.3, -0.25) is 0 Å². The molecule has 3 rings (SSSR count). The van der Waals surface area contributed by atoms with Crippen LogP contribution in [-0.2, 0) is 6.54 Å². The van der Waals surface area contributed by atoms with E-state index in [1.165, 1.54) is 0 Å². The van der Waals surface area contributed by atoms with E-state index in [1.807, 2.05) is 60.7 Å². The van der Waals surface area contributed by atoms with Crippen molar-refractivity contribution in [3.8, 4) is 11.5 Å². The fraction of sp³-hybridized carbons (Fsp3) is 0.0500. The Morgan fingerprint density at radius 2 is 1.46 bits per heavy atom. The molecule has 24 heavy (non-hydrogen) atoms. The van der Waals surface area contributed by atoms with Crippen molar-refractivity contribution < 1.29 is 14.6 Å². The zero-order valence-corrected chi connectivity index (χ0v) is 13.0. The lowest BCUT2D eigenvalue weighted by atomic mass is 10.1. The molecule has 0 fully saturated rings. The third kappa shape index (κ3) is 3.93. The molecule has 0 heterocycles. The van der Waals surface area contributed by atoms with E-state index in [0.717, 1.165) is 17.1 Å². The number of rotatable bonds is 6. The highest BCUT2D eigenvalue weighted by Crippen LogP contribution is 2.22. The molecular formula is C20H17NO3. The van der Waals surface area contributed by atoms with Crippen molar-refractivity contribution in [3.05, 3.63) is 90.0 Å². The molecular weight excluding hydrogens is 302 g/mol. The molecule has 0 amide bonds. The first-order valence-corrected chi connectivity index (χ1v) is 7.60. The fourth-order valence-corrected chi connectivity index (χ4v) is 2.32. The van der Waals surface area contributed by atoms with Crippen molar-refractivity contribution >= 4 is 11.7 Å². The largest absolute Gasteiger partial charge is 0.478 e. The van der Waals surface area contributed by atoms with Gasteiger partial charge in [0, 0.05) is 12.2 Å². The summed E-state index contributed by atoms with van der Waals surface area (Å²) in [6.07, 6.45) is 0. The second-order valence-electron chi connectivity index (χ2n) is 5.26. The molecule has 3 aromatic rings. The molecule has 0 aromatic heterocycles. The van der Waals surface area contributed by atoms with Gasteiger partial charge in [0.25, 0.3) is 0 Å². The number of carbonyl (C=O) groups is 1. The SMILES string of the molecule is O=C(O)c1ccccc1NCc1ccc(Oc2ccccc2)cc1. The van der Waals surface area contributed by atoms with Crippen LogP contribution >= 0.6 is 0 Å². The average Bonchev–Trinajstić information content (AvgIpc) is 2.62. The summed E-state index contributed by atoms with van der Waals surface area (Å²) in [5.74, 6) is 0.611. The van der Waals surface area contributed by atoms with Crippen molar-refractivity contribution in [2.45, 2.75) is 6.54 Å². The van der Waals surface area contributed by atoms with Gasteiger partial charge in [-0.25, -0.2) is 4.79 Å². The van der Waals surface area contributed by atoms with Crippen LogP contribution in [0, 0.1) is 0 Å². The summed E-state index contributed by atoms with van der Waals surface area (Å²) in [5, 5.41) is 12.3. The molecule has 0 spiro atoms. The van der Waals surface area contributed by atoms with E-state index in [1.54, 1.807) is 18.2 Å². The predicted octanol–water partition coefficient (Wildman–Crippen LogP) is 4.79. The third-order valence-corrected chi connectivity index (χ3v) is 3.54. The molecule has 0 saturated heterocycles. The van der Waals surface area contributed by atoms with Crippen LogP contribution in [0.3, 0.4) is 0 Å². The second-order valence-corrected chi connectivity index (χ2v) is 5.26. The lowest BCUT2D eigenvalue weighted by molar-refractivity contribution is 0.0698. The van der Waals surface area contributed by atoms with Gasteiger partial charge in [0.05, 0.1) is 5.56 Å². The van der Waals surface area contributed by atoms with Crippen LogP contribution in [0.2, 0.25) is 0 Å². The number of benzene rings is 3. The van der Waals surface area contributed by atoms with Crippen molar-refractivity contribution in [2.75, 3.05) is 5.32 Å². The van der Waals surface area contributed by atoms with Crippen LogP contribution in [0.15, 0.2) is 78.9 Å². The number of hydrogen-bond donors (Lipinski definition) is 2. The number of ether oxygens (including phenoxy) is 1. The fourth-order valence-electron chi connectivity index (χ4n) is 2.32. The Morgan fingerprint density at radius 3 is 2.17 bits per heavy atom. The molecule has 2 N–H and O–H groups in total. The lowest BCUT2D eigenvalue weighted by Gasteiger charge is -2.10. The molecule has 0 aliphatic carbocycles. The first-order valence-electron chi connectivity index (χ1n) is 7.60. The molecule has 120 valence electrons. The van der Waals surface area contributed by atoms with Crippen molar-refractivity contribution in [2.24, 2.45) is 0 Å². The number of carboxylic acids is 1. The zero-order valence-electron chi connectivity index (χ0n) is 13.0. The third-order valence-electron chi connectivity index (χ3n) is 3.54. The molecule has 0 aliphatic rings. The number of carboxylic acid groups (broad SMARTS) is 1. The van der Waals surface area contributed by atoms with Crippen molar-refractivity contribution in [1.82, 2.24) is 0 Å². The number of nitrogens with one attached hydrogen (secondary N) is 1. The summed E-state index contributed by atoms with van der Waals surface area (Å²) in [7, 11) is 0. The molecule has 0 saturated carbocycles. The first-order chi connectivity index (χ1) is 11.7. The number of para-hydroxylation sites is 2. The van der Waals surface area contributed by atoms with Gasteiger partial charge in [0.2, 0.25) is 0 Å². The zero-order chi connectivity index (χ0) is 16.8. The van der Waals surface area contributed by atoms with Gasteiger partial charge in [0.1, 0.15) is 11.5 Å².